The zero-order valence-electron chi connectivity index (χ0n) is 48.8. The quantitative estimate of drug-likeness (QED) is 0.0298. The van der Waals surface area contributed by atoms with Crippen LogP contribution in [0.2, 0.25) is 0 Å². The predicted molar refractivity (Wildman–Crippen MR) is 325 cm³/mol. The monoisotopic (exact) mass is 1150 g/mol. The Morgan fingerprint density at radius 1 is 0.447 bits per heavy atom. The first-order chi connectivity index (χ1) is 40.8. The van der Waals surface area contributed by atoms with Crippen molar-refractivity contribution in [2.24, 2.45) is 0 Å². The summed E-state index contributed by atoms with van der Waals surface area (Å²) in [7, 11) is 13.9. The third kappa shape index (κ3) is 21.4. The highest BCUT2D eigenvalue weighted by atomic mass is 16.6. The maximum absolute atomic E-state index is 12.0. The van der Waals surface area contributed by atoms with Gasteiger partial charge in [0.15, 0.2) is 0 Å². The Bertz CT molecular complexity index is 3460. The topological polar surface area (TPSA) is 280 Å². The van der Waals surface area contributed by atoms with Gasteiger partial charge in [-0.25, -0.2) is 39.5 Å². The van der Waals surface area contributed by atoms with E-state index < -0.39 is 18.2 Å². The summed E-state index contributed by atoms with van der Waals surface area (Å²) >= 11 is 0. The molecule has 3 heterocycles. The number of carbonyl (C=O) groups is 5. The number of nitrogens with one attached hydrogen (secondary N) is 2. The van der Waals surface area contributed by atoms with E-state index in [0.717, 1.165) is 44.9 Å². The van der Waals surface area contributed by atoms with Crippen LogP contribution in [0.15, 0.2) is 152 Å². The summed E-state index contributed by atoms with van der Waals surface area (Å²) < 4.78 is 19.9. The number of carbonyl (C=O) groups excluding carboxylic acids is 4. The number of amides is 2. The van der Waals surface area contributed by atoms with E-state index in [1.807, 2.05) is 161 Å². The first-order valence-corrected chi connectivity index (χ1v) is 26.7. The van der Waals surface area contributed by atoms with Gasteiger partial charge in [-0.3, -0.25) is 25.0 Å². The molecule has 442 valence electrons. The lowest BCUT2D eigenvalue weighted by Gasteiger charge is -2.16. The van der Waals surface area contributed by atoms with Gasteiger partial charge in [0.2, 0.25) is 0 Å². The van der Waals surface area contributed by atoms with Crippen molar-refractivity contribution < 1.29 is 48.0 Å². The number of hydrogen-bond donors (Lipinski definition) is 4. The Morgan fingerprint density at radius 2 is 0.765 bits per heavy atom. The van der Waals surface area contributed by atoms with Crippen molar-refractivity contribution in [3.8, 4) is 0 Å². The van der Waals surface area contributed by atoms with E-state index in [1.54, 1.807) is 47.8 Å². The number of hydrogen-bond acceptors (Lipinski definition) is 19. The van der Waals surface area contributed by atoms with Gasteiger partial charge in [-0.2, -0.15) is 0 Å². The van der Waals surface area contributed by atoms with E-state index in [0.29, 0.717) is 70.9 Å². The Morgan fingerprint density at radius 3 is 1.07 bits per heavy atom. The zero-order valence-corrected chi connectivity index (χ0v) is 48.8. The van der Waals surface area contributed by atoms with E-state index in [4.69, 9.17) is 29.8 Å². The van der Waals surface area contributed by atoms with E-state index in [-0.39, 0.29) is 44.4 Å². The minimum atomic E-state index is -0.926. The minimum absolute atomic E-state index is 0.116. The highest BCUT2D eigenvalue weighted by molar-refractivity contribution is 5.85. The number of ether oxygens (including phenoxy) is 4. The number of aliphatic carboxylic acids is 1. The van der Waals surface area contributed by atoms with E-state index in [1.165, 1.54) is 14.2 Å². The van der Waals surface area contributed by atoms with Crippen LogP contribution in [-0.4, -0.2) is 122 Å². The molecular weight excluding hydrogens is 1080 g/mol. The first kappa shape index (κ1) is 63.7. The number of esters is 2. The lowest BCUT2D eigenvalue weighted by molar-refractivity contribution is -0.140. The number of rotatable bonds is 21. The summed E-state index contributed by atoms with van der Waals surface area (Å²) in [6.45, 7) is 0.413. The number of carboxylic acids is 1. The summed E-state index contributed by atoms with van der Waals surface area (Å²) in [4.78, 5) is 90.3. The van der Waals surface area contributed by atoms with Gasteiger partial charge in [0.25, 0.3) is 0 Å². The number of nitrogen functional groups attached to an aromatic ring is 1. The van der Waals surface area contributed by atoms with Crippen LogP contribution in [0.25, 0.3) is 0 Å². The average Bonchev–Trinajstić information content (AvgIpc) is 3.47. The van der Waals surface area contributed by atoms with Crippen LogP contribution < -0.4 is 31.1 Å². The van der Waals surface area contributed by atoms with Crippen LogP contribution in [0.3, 0.4) is 0 Å². The summed E-state index contributed by atoms with van der Waals surface area (Å²) in [5.41, 5.74) is 14.5. The van der Waals surface area contributed by atoms with Crippen molar-refractivity contribution in [3.63, 3.8) is 0 Å². The molecule has 5 aromatic carbocycles. The molecule has 0 aliphatic heterocycles. The van der Waals surface area contributed by atoms with Crippen molar-refractivity contribution in [2.75, 3.05) is 87.6 Å². The van der Waals surface area contributed by atoms with E-state index in [9.17, 15) is 24.0 Å². The van der Waals surface area contributed by atoms with Crippen molar-refractivity contribution in [1.29, 1.82) is 0 Å². The molecule has 22 nitrogen and oxygen atoms in total. The molecule has 5 N–H and O–H groups in total. The number of carboxylic acid groups (broad SMARTS) is 1. The second-order valence-corrected chi connectivity index (χ2v) is 19.7. The number of methoxy groups -OCH3 is 2. The Hall–Kier alpha value is -10.5. The van der Waals surface area contributed by atoms with Crippen molar-refractivity contribution in [1.82, 2.24) is 29.9 Å². The van der Waals surface area contributed by atoms with Gasteiger partial charge in [0.05, 0.1) is 33.5 Å². The van der Waals surface area contributed by atoms with Crippen LogP contribution in [0, 0.1) is 0 Å². The Labute approximate surface area is 494 Å². The molecule has 0 unspecified atom stereocenters. The first-order valence-electron chi connectivity index (χ1n) is 26.7. The molecule has 0 radical (unpaired) electrons. The van der Waals surface area contributed by atoms with Gasteiger partial charge in [0, 0.05) is 114 Å². The fourth-order valence-corrected chi connectivity index (χ4v) is 8.06. The molecule has 85 heavy (non-hydrogen) atoms. The molecule has 0 atom stereocenters. The molecule has 3 aromatic heterocycles. The van der Waals surface area contributed by atoms with Gasteiger partial charge in [-0.15, -0.1) is 0 Å². The standard InChI is InChI=1S/C24H26N4O4.C23H24N4O4.C16H20N4O2/c1-28(2)23-19(14-22(29)31-3)15-25-21(27-23)13-17-9-11-20(12-10-17)26-24(30)32-16-18-7-5-4-6-8-18;1-27(2)22-18(13-21(28)29)14-24-20(26-22)12-16-8-10-19(11-9-16)25-23(30)31-15-17-6-4-3-5-7-17;1-20(2)16-12(9-15(21)22-3)10-18-14(19-16)8-11-4-6-13(17)7-5-11/h4-12,15H,13-14,16H2,1-3H3,(H,26,30);3-11,14H,12-13,15H2,1-2H3,(H,25,30)(H,28,29);4-7,10H,8-9,17H2,1-3H3. The molecule has 2 amide bonds. The molecule has 8 rings (SSSR count). The minimum Gasteiger partial charge on any atom is -0.481 e. The van der Waals surface area contributed by atoms with Crippen LogP contribution in [0.4, 0.5) is 44.1 Å². The number of anilines is 6. The average molecular weight is 1160 g/mol. The SMILES string of the molecule is CN(C)c1nc(Cc2ccc(NC(=O)OCc3ccccc3)cc2)ncc1CC(=O)O.COC(=O)Cc1cnc(Cc2ccc(N)cc2)nc1N(C)C.COC(=O)Cc1cnc(Cc2ccc(NC(=O)OCc3ccccc3)cc2)nc1N(C)C. The fourth-order valence-electron chi connectivity index (χ4n) is 8.06. The van der Waals surface area contributed by atoms with Gasteiger partial charge in [0.1, 0.15) is 48.1 Å². The fraction of sp³-hybridized carbons (Fsp3) is 0.254. The smallest absolute Gasteiger partial charge is 0.411 e. The summed E-state index contributed by atoms with van der Waals surface area (Å²) in [5.74, 6) is 2.34. The molecule has 0 bridgehead atoms. The van der Waals surface area contributed by atoms with Crippen molar-refractivity contribution in [2.45, 2.75) is 51.7 Å². The van der Waals surface area contributed by atoms with E-state index in [2.05, 4.69) is 40.5 Å². The number of benzene rings is 5. The zero-order chi connectivity index (χ0) is 61.3. The molecular formula is C63H70N12O10. The lowest BCUT2D eigenvalue weighted by atomic mass is 10.1. The second-order valence-electron chi connectivity index (χ2n) is 19.7. The van der Waals surface area contributed by atoms with E-state index >= 15 is 0 Å². The maximum Gasteiger partial charge on any atom is 0.411 e. The van der Waals surface area contributed by atoms with Crippen LogP contribution in [0.1, 0.15) is 62.0 Å². The van der Waals surface area contributed by atoms with Crippen LogP contribution in [-0.2, 0) is 85.1 Å². The summed E-state index contributed by atoms with van der Waals surface area (Å²) in [6, 6.07) is 41.3. The molecule has 22 heteroatoms. The van der Waals surface area contributed by atoms with Gasteiger partial charge < -0.3 is 44.5 Å². The van der Waals surface area contributed by atoms with Crippen LogP contribution in [0.5, 0.6) is 0 Å². The molecule has 0 saturated carbocycles. The van der Waals surface area contributed by atoms with Crippen molar-refractivity contribution in [3.05, 3.63) is 214 Å². The van der Waals surface area contributed by atoms with Gasteiger partial charge in [-0.05, 0) is 64.2 Å². The van der Waals surface area contributed by atoms with Crippen molar-refractivity contribution >= 4 is 64.6 Å². The molecule has 0 fully saturated rings. The highest BCUT2D eigenvalue weighted by Crippen LogP contribution is 2.22. The third-order valence-electron chi connectivity index (χ3n) is 12.3. The number of nitrogens with zero attached hydrogens (tertiary/aromatic N) is 9. The molecule has 0 aliphatic rings. The molecule has 0 spiro atoms. The number of nitrogens with two attached hydrogens (primary N) is 1. The summed E-state index contributed by atoms with van der Waals surface area (Å²) in [6.07, 6.45) is 5.62. The Balaban J connectivity index is 0.000000208. The van der Waals surface area contributed by atoms with Gasteiger partial charge in [-0.1, -0.05) is 97.1 Å². The lowest BCUT2D eigenvalue weighted by Crippen LogP contribution is -2.17. The molecule has 8 aromatic rings. The molecule has 0 aliphatic carbocycles. The van der Waals surface area contributed by atoms with Crippen LogP contribution >= 0.6 is 0 Å². The highest BCUT2D eigenvalue weighted by Gasteiger charge is 2.17. The second kappa shape index (κ2) is 32.2. The number of aromatic nitrogens is 6. The van der Waals surface area contributed by atoms with Gasteiger partial charge >= 0.3 is 30.1 Å². The Kier molecular flexibility index (Phi) is 24.1. The maximum atomic E-state index is 12.0. The normalized spacial score (nSPS) is 10.4. The molecule has 0 saturated heterocycles. The largest absolute Gasteiger partial charge is 0.481 e. The predicted octanol–water partition coefficient (Wildman–Crippen LogP) is 8.54. The third-order valence-corrected chi connectivity index (χ3v) is 12.3. The summed E-state index contributed by atoms with van der Waals surface area (Å²) in [5, 5.41) is 14.5.